The van der Waals surface area contributed by atoms with Gasteiger partial charge in [0.25, 0.3) is 0 Å². The molecule has 0 saturated heterocycles. The van der Waals surface area contributed by atoms with E-state index in [2.05, 4.69) is 69.1 Å². The quantitative estimate of drug-likeness (QED) is 0.0203. The second-order valence-electron chi connectivity index (χ2n) is 17.3. The van der Waals surface area contributed by atoms with E-state index in [-0.39, 0.29) is 6.29 Å². The average Bonchev–Trinajstić information content (AvgIpc) is 3.91. The highest BCUT2D eigenvalue weighted by atomic mass is 28.4. The molecule has 1 saturated carbocycles. The van der Waals surface area contributed by atoms with E-state index in [1.165, 1.54) is 173 Å². The topological polar surface area (TPSA) is 30.9 Å². The third kappa shape index (κ3) is 34.4. The Balaban J connectivity index is 2.25. The van der Waals surface area contributed by atoms with E-state index in [0.29, 0.717) is 0 Å². The summed E-state index contributed by atoms with van der Waals surface area (Å²) in [7, 11) is -0.150. The zero-order chi connectivity index (χ0) is 39.2. The molecule has 1 rings (SSSR count). The van der Waals surface area contributed by atoms with Crippen molar-refractivity contribution >= 4 is 8.56 Å². The predicted octanol–water partition coefficient (Wildman–Crippen LogP) is 15.1. The molecule has 0 radical (unpaired) electrons. The Hall–Kier alpha value is -0.903. The molecular weight excluding hydrogens is 679 g/mol. The van der Waals surface area contributed by atoms with Gasteiger partial charge in [0.2, 0.25) is 0 Å². The Bertz CT molecular complexity index is 898. The standard InChI is InChI=1S/C49H93NO3Si/c1-7-10-12-14-16-17-18-19-20-21-22-23-24-25-31-37-44-51-49(53-54(5,6)52-45-38-32-30-36-43-50(4)42-9-3)41-35-29-26-28-34-40-48-46-47(48)39-33-27-15-13-11-8-2/h3,16-17,19-20,47-49H,7-8,10-15,18,21-46H2,1-2,4-6H3/b17-16-,20-19-. The first-order chi connectivity index (χ1) is 26.4. The number of rotatable bonds is 42. The third-order valence-electron chi connectivity index (χ3n) is 11.3. The molecule has 316 valence electrons. The zero-order valence-electron chi connectivity index (χ0n) is 37.0. The monoisotopic (exact) mass is 772 g/mol. The van der Waals surface area contributed by atoms with Gasteiger partial charge in [-0.3, -0.25) is 4.90 Å². The van der Waals surface area contributed by atoms with E-state index in [0.717, 1.165) is 63.8 Å². The summed E-state index contributed by atoms with van der Waals surface area (Å²) in [6, 6.07) is 0. The van der Waals surface area contributed by atoms with Crippen molar-refractivity contribution in [3.63, 3.8) is 0 Å². The van der Waals surface area contributed by atoms with Crippen LogP contribution in [0.4, 0.5) is 0 Å². The Kier molecular flexibility index (Phi) is 35.6. The van der Waals surface area contributed by atoms with E-state index in [1.807, 2.05) is 0 Å². The summed E-state index contributed by atoms with van der Waals surface area (Å²) in [5, 5.41) is 0. The van der Waals surface area contributed by atoms with Gasteiger partial charge in [-0.25, -0.2) is 0 Å². The molecule has 0 heterocycles. The molecule has 0 N–H and O–H groups in total. The first-order valence-corrected chi connectivity index (χ1v) is 26.6. The molecule has 4 nitrogen and oxygen atoms in total. The van der Waals surface area contributed by atoms with Crippen LogP contribution >= 0.6 is 0 Å². The molecule has 3 unspecified atom stereocenters. The minimum atomic E-state index is -2.25. The van der Waals surface area contributed by atoms with Crippen molar-refractivity contribution in [1.82, 2.24) is 4.90 Å². The molecule has 1 aliphatic carbocycles. The first-order valence-electron chi connectivity index (χ1n) is 23.8. The maximum Gasteiger partial charge on any atom is 0.333 e. The minimum absolute atomic E-state index is 0.120. The molecule has 0 aromatic rings. The van der Waals surface area contributed by atoms with Crippen molar-refractivity contribution in [2.24, 2.45) is 11.8 Å². The average molecular weight is 772 g/mol. The van der Waals surface area contributed by atoms with Crippen LogP contribution in [0.3, 0.4) is 0 Å². The van der Waals surface area contributed by atoms with Gasteiger partial charge in [0.05, 0.1) is 6.54 Å². The lowest BCUT2D eigenvalue weighted by Gasteiger charge is -2.29. The largest absolute Gasteiger partial charge is 0.394 e. The van der Waals surface area contributed by atoms with Crippen LogP contribution < -0.4 is 0 Å². The number of hydrogen-bond donors (Lipinski definition) is 0. The van der Waals surface area contributed by atoms with Gasteiger partial charge < -0.3 is 13.6 Å². The molecule has 0 aromatic carbocycles. The molecule has 1 aliphatic rings. The Morgan fingerprint density at radius 3 is 1.76 bits per heavy atom. The molecule has 0 aromatic heterocycles. The van der Waals surface area contributed by atoms with Gasteiger partial charge in [0, 0.05) is 13.2 Å². The third-order valence-corrected chi connectivity index (χ3v) is 13.1. The highest BCUT2D eigenvalue weighted by Gasteiger charge is 2.35. The van der Waals surface area contributed by atoms with Gasteiger partial charge in [-0.1, -0.05) is 172 Å². The number of hydrogen-bond acceptors (Lipinski definition) is 4. The van der Waals surface area contributed by atoms with Gasteiger partial charge in [-0.15, -0.1) is 6.42 Å². The number of terminal acetylenes is 1. The van der Waals surface area contributed by atoms with Crippen molar-refractivity contribution in [2.45, 2.75) is 232 Å². The van der Waals surface area contributed by atoms with Crippen LogP contribution in [0, 0.1) is 24.2 Å². The first kappa shape index (κ1) is 51.1. The summed E-state index contributed by atoms with van der Waals surface area (Å²) in [4.78, 5) is 2.22. The summed E-state index contributed by atoms with van der Waals surface area (Å²) < 4.78 is 19.5. The van der Waals surface area contributed by atoms with E-state index in [1.54, 1.807) is 0 Å². The highest BCUT2D eigenvalue weighted by molar-refractivity contribution is 6.64. The second-order valence-corrected chi connectivity index (χ2v) is 20.6. The van der Waals surface area contributed by atoms with E-state index in [4.69, 9.17) is 20.0 Å². The second kappa shape index (κ2) is 37.7. The summed E-state index contributed by atoms with van der Waals surface area (Å²) >= 11 is 0. The molecule has 3 atom stereocenters. The number of ether oxygens (including phenoxy) is 1. The van der Waals surface area contributed by atoms with E-state index >= 15 is 0 Å². The molecule has 0 aliphatic heterocycles. The van der Waals surface area contributed by atoms with Gasteiger partial charge in [0.15, 0.2) is 0 Å². The van der Waals surface area contributed by atoms with Crippen LogP contribution in [-0.2, 0) is 13.6 Å². The number of allylic oxidation sites excluding steroid dienone is 4. The van der Waals surface area contributed by atoms with E-state index < -0.39 is 8.56 Å². The highest BCUT2D eigenvalue weighted by Crippen LogP contribution is 2.45. The molecule has 0 amide bonds. The van der Waals surface area contributed by atoms with Crippen molar-refractivity contribution in [3.05, 3.63) is 24.3 Å². The van der Waals surface area contributed by atoms with Crippen molar-refractivity contribution < 1.29 is 13.6 Å². The van der Waals surface area contributed by atoms with Crippen LogP contribution in [0.5, 0.6) is 0 Å². The van der Waals surface area contributed by atoms with Crippen LogP contribution in [0.15, 0.2) is 24.3 Å². The van der Waals surface area contributed by atoms with Crippen LogP contribution in [0.1, 0.15) is 213 Å². The van der Waals surface area contributed by atoms with Gasteiger partial charge in [-0.2, -0.15) is 0 Å². The van der Waals surface area contributed by atoms with Gasteiger partial charge >= 0.3 is 8.56 Å². The summed E-state index contributed by atoms with van der Waals surface area (Å²) in [5.41, 5.74) is 0. The fourth-order valence-corrected chi connectivity index (χ4v) is 9.20. The fraction of sp³-hybridized carbons (Fsp3) is 0.878. The maximum absolute atomic E-state index is 6.65. The lowest BCUT2D eigenvalue weighted by atomic mass is 10.0. The number of unbranched alkanes of at least 4 members (excludes halogenated alkanes) is 21. The molecule has 54 heavy (non-hydrogen) atoms. The smallest absolute Gasteiger partial charge is 0.333 e. The molecule has 0 spiro atoms. The van der Waals surface area contributed by atoms with Gasteiger partial charge in [0.1, 0.15) is 6.29 Å². The lowest BCUT2D eigenvalue weighted by Crippen LogP contribution is -2.40. The summed E-state index contributed by atoms with van der Waals surface area (Å²) in [6.45, 7) is 12.4. The fourth-order valence-electron chi connectivity index (χ4n) is 7.67. The van der Waals surface area contributed by atoms with Crippen molar-refractivity contribution in [3.8, 4) is 12.3 Å². The SMILES string of the molecule is C#CCN(C)CCCCCCO[Si](C)(C)OC(CCCCCCCC1CC1CCCCCCCC)OCCCCCCCC/C=C\C/C=C\CCCCC. The van der Waals surface area contributed by atoms with Crippen molar-refractivity contribution in [2.75, 3.05) is 33.4 Å². The zero-order valence-corrected chi connectivity index (χ0v) is 38.0. The minimum Gasteiger partial charge on any atom is -0.394 e. The molecule has 0 bridgehead atoms. The lowest BCUT2D eigenvalue weighted by molar-refractivity contribution is -0.104. The maximum atomic E-state index is 6.65. The van der Waals surface area contributed by atoms with Crippen LogP contribution in [-0.4, -0.2) is 53.1 Å². The number of nitrogens with zero attached hydrogens (tertiary/aromatic N) is 1. The van der Waals surface area contributed by atoms with Crippen LogP contribution in [0.25, 0.3) is 0 Å². The Labute approximate surface area is 340 Å². The van der Waals surface area contributed by atoms with Crippen molar-refractivity contribution in [1.29, 1.82) is 0 Å². The summed E-state index contributed by atoms with van der Waals surface area (Å²) in [5.74, 6) is 4.85. The predicted molar refractivity (Wildman–Crippen MR) is 240 cm³/mol. The molecular formula is C49H93NO3Si. The van der Waals surface area contributed by atoms with Gasteiger partial charge in [-0.05, 0) is 109 Å². The Morgan fingerprint density at radius 2 is 1.13 bits per heavy atom. The van der Waals surface area contributed by atoms with E-state index in [9.17, 15) is 0 Å². The normalized spacial score (nSPS) is 16.6. The summed E-state index contributed by atoms with van der Waals surface area (Å²) in [6.07, 6.45) is 55.4. The molecule has 5 heteroatoms. The molecule has 1 fully saturated rings. The Morgan fingerprint density at radius 1 is 0.630 bits per heavy atom. The van der Waals surface area contributed by atoms with Crippen LogP contribution in [0.2, 0.25) is 13.1 Å².